The van der Waals surface area contributed by atoms with E-state index in [0.717, 1.165) is 24.9 Å². The maximum Gasteiger partial charge on any atom is 0.328 e. The summed E-state index contributed by atoms with van der Waals surface area (Å²) in [5.74, 6) is -0.238. The topological polar surface area (TPSA) is 53.3 Å². The summed E-state index contributed by atoms with van der Waals surface area (Å²) < 4.78 is 4.86. The fourth-order valence-corrected chi connectivity index (χ4v) is 1.98. The molecule has 0 bridgehead atoms. The number of carbonyl (C=O) groups excluding carboxylic acids is 1. The van der Waals surface area contributed by atoms with Crippen LogP contribution < -0.4 is 4.90 Å². The molecule has 0 aliphatic rings. The number of anilines is 1. The normalized spacial score (nSPS) is 11.5. The molecule has 4 nitrogen and oxygen atoms in total. The zero-order valence-electron chi connectivity index (χ0n) is 11.7. The molecule has 0 aromatic heterocycles. The van der Waals surface area contributed by atoms with Gasteiger partial charge in [-0.15, -0.1) is 0 Å². The number of nitrogens with zero attached hydrogens (tertiary/aromatic N) is 2. The third-order valence-electron chi connectivity index (χ3n) is 3.15. The zero-order valence-corrected chi connectivity index (χ0v) is 11.7. The average molecular weight is 260 g/mol. The molecule has 102 valence electrons. The highest BCUT2D eigenvalue weighted by molar-refractivity contribution is 5.80. The van der Waals surface area contributed by atoms with Gasteiger partial charge in [-0.3, -0.25) is 0 Å². The Labute approximate surface area is 114 Å². The lowest BCUT2D eigenvalue weighted by molar-refractivity contribution is -0.142. The van der Waals surface area contributed by atoms with Gasteiger partial charge in [0.05, 0.1) is 18.7 Å². The first-order valence-corrected chi connectivity index (χ1v) is 6.44. The molecule has 1 aromatic carbocycles. The lowest BCUT2D eigenvalue weighted by atomic mass is 10.1. The van der Waals surface area contributed by atoms with Crippen LogP contribution in [-0.4, -0.2) is 26.2 Å². The van der Waals surface area contributed by atoms with E-state index in [0.29, 0.717) is 5.56 Å². The summed E-state index contributed by atoms with van der Waals surface area (Å²) in [5, 5.41) is 8.92. The molecule has 1 atom stereocenters. The number of nitriles is 1. The third-order valence-corrected chi connectivity index (χ3v) is 3.15. The Morgan fingerprint density at radius 3 is 2.84 bits per heavy atom. The van der Waals surface area contributed by atoms with Crippen molar-refractivity contribution in [2.24, 2.45) is 0 Å². The second-order valence-electron chi connectivity index (χ2n) is 4.45. The van der Waals surface area contributed by atoms with Crippen LogP contribution in [0.1, 0.15) is 31.7 Å². The Bertz CT molecular complexity index is 465. The van der Waals surface area contributed by atoms with Gasteiger partial charge in [0.1, 0.15) is 6.04 Å². The molecule has 4 heteroatoms. The van der Waals surface area contributed by atoms with Crippen LogP contribution in [0, 0.1) is 11.3 Å². The number of hydrogen-bond acceptors (Lipinski definition) is 4. The number of unbranched alkanes of at least 4 members (excludes halogenated alkanes) is 1. The number of rotatable bonds is 6. The predicted molar refractivity (Wildman–Crippen MR) is 74.9 cm³/mol. The van der Waals surface area contributed by atoms with E-state index in [1.54, 1.807) is 12.1 Å². The van der Waals surface area contributed by atoms with E-state index >= 15 is 0 Å². The zero-order chi connectivity index (χ0) is 14.3. The SMILES string of the molecule is CCCCC(C(=O)OC)N(C)c1cccc(C#N)c1. The minimum absolute atomic E-state index is 0.238. The molecule has 0 fully saturated rings. The van der Waals surface area contributed by atoms with E-state index < -0.39 is 0 Å². The summed E-state index contributed by atoms with van der Waals surface area (Å²) in [4.78, 5) is 13.7. The number of methoxy groups -OCH3 is 1. The summed E-state index contributed by atoms with van der Waals surface area (Å²) in [7, 11) is 3.26. The lowest BCUT2D eigenvalue weighted by Crippen LogP contribution is -2.39. The van der Waals surface area contributed by atoms with Crippen molar-refractivity contribution in [3.8, 4) is 6.07 Å². The largest absolute Gasteiger partial charge is 0.467 e. The number of esters is 1. The molecule has 0 saturated carbocycles. The Kier molecular flexibility index (Phi) is 5.87. The van der Waals surface area contributed by atoms with Crippen molar-refractivity contribution in [3.05, 3.63) is 29.8 Å². The summed E-state index contributed by atoms with van der Waals surface area (Å²) in [6, 6.07) is 9.03. The molecule has 1 unspecified atom stereocenters. The minimum Gasteiger partial charge on any atom is -0.467 e. The van der Waals surface area contributed by atoms with Crippen molar-refractivity contribution >= 4 is 11.7 Å². The summed E-state index contributed by atoms with van der Waals surface area (Å²) in [6.07, 6.45) is 2.73. The monoisotopic (exact) mass is 260 g/mol. The van der Waals surface area contributed by atoms with Gasteiger partial charge in [0.25, 0.3) is 0 Å². The Morgan fingerprint density at radius 1 is 1.53 bits per heavy atom. The molecule has 0 amide bonds. The van der Waals surface area contributed by atoms with Crippen LogP contribution in [0.15, 0.2) is 24.3 Å². The van der Waals surface area contributed by atoms with Gasteiger partial charge in [-0.1, -0.05) is 25.8 Å². The number of ether oxygens (including phenoxy) is 1. The molecule has 19 heavy (non-hydrogen) atoms. The van der Waals surface area contributed by atoms with Crippen LogP contribution in [-0.2, 0) is 9.53 Å². The molecule has 1 aromatic rings. The lowest BCUT2D eigenvalue weighted by Gasteiger charge is -2.28. The maximum absolute atomic E-state index is 11.9. The van der Waals surface area contributed by atoms with E-state index in [1.807, 2.05) is 24.1 Å². The smallest absolute Gasteiger partial charge is 0.328 e. The van der Waals surface area contributed by atoms with E-state index in [9.17, 15) is 4.79 Å². The van der Waals surface area contributed by atoms with Gasteiger partial charge in [0.15, 0.2) is 0 Å². The molecule has 0 saturated heterocycles. The highest BCUT2D eigenvalue weighted by Gasteiger charge is 2.23. The van der Waals surface area contributed by atoms with E-state index in [-0.39, 0.29) is 12.0 Å². The molecule has 0 N–H and O–H groups in total. The number of benzene rings is 1. The van der Waals surface area contributed by atoms with Crippen LogP contribution in [0.5, 0.6) is 0 Å². The Morgan fingerprint density at radius 2 is 2.26 bits per heavy atom. The molecule has 0 aliphatic heterocycles. The van der Waals surface area contributed by atoms with Crippen LogP contribution in [0.3, 0.4) is 0 Å². The number of likely N-dealkylation sites (N-methyl/N-ethyl adjacent to an activating group) is 1. The van der Waals surface area contributed by atoms with Crippen molar-refractivity contribution in [3.63, 3.8) is 0 Å². The van der Waals surface area contributed by atoms with E-state index in [4.69, 9.17) is 10.00 Å². The van der Waals surface area contributed by atoms with Gasteiger partial charge in [0.2, 0.25) is 0 Å². The number of hydrogen-bond donors (Lipinski definition) is 0. The predicted octanol–water partition coefficient (Wildman–Crippen LogP) is 2.73. The van der Waals surface area contributed by atoms with Crippen LogP contribution in [0.4, 0.5) is 5.69 Å². The molecular weight excluding hydrogens is 240 g/mol. The molecule has 0 radical (unpaired) electrons. The van der Waals surface area contributed by atoms with Crippen molar-refractivity contribution in [1.82, 2.24) is 0 Å². The molecule has 1 rings (SSSR count). The van der Waals surface area contributed by atoms with Crippen molar-refractivity contribution in [1.29, 1.82) is 5.26 Å². The molecular formula is C15H20N2O2. The standard InChI is InChI=1S/C15H20N2O2/c1-4-5-9-14(15(18)19-3)17(2)13-8-6-7-12(10-13)11-16/h6-8,10,14H,4-5,9H2,1-3H3. The van der Waals surface area contributed by atoms with Crippen LogP contribution in [0.25, 0.3) is 0 Å². The van der Waals surface area contributed by atoms with Gasteiger partial charge < -0.3 is 9.64 Å². The van der Waals surface area contributed by atoms with Gasteiger partial charge >= 0.3 is 5.97 Å². The first kappa shape index (κ1) is 15.0. The first-order valence-electron chi connectivity index (χ1n) is 6.44. The van der Waals surface area contributed by atoms with Gasteiger partial charge in [-0.05, 0) is 24.6 Å². The van der Waals surface area contributed by atoms with Crippen molar-refractivity contribution in [2.45, 2.75) is 32.2 Å². The second-order valence-corrected chi connectivity index (χ2v) is 4.45. The second kappa shape index (κ2) is 7.42. The van der Waals surface area contributed by atoms with Gasteiger partial charge in [0, 0.05) is 12.7 Å². The fraction of sp³-hybridized carbons (Fsp3) is 0.467. The summed E-state index contributed by atoms with van der Waals surface area (Å²) >= 11 is 0. The molecule has 0 aliphatic carbocycles. The van der Waals surface area contributed by atoms with Crippen molar-refractivity contribution in [2.75, 3.05) is 19.1 Å². The first-order chi connectivity index (χ1) is 9.13. The Balaban J connectivity index is 2.94. The highest BCUT2D eigenvalue weighted by atomic mass is 16.5. The van der Waals surface area contributed by atoms with Crippen molar-refractivity contribution < 1.29 is 9.53 Å². The summed E-state index contributed by atoms with van der Waals surface area (Å²) in [5.41, 5.74) is 1.44. The Hall–Kier alpha value is -2.02. The van der Waals surface area contributed by atoms with Gasteiger partial charge in [-0.25, -0.2) is 4.79 Å². The third kappa shape index (κ3) is 3.99. The fourth-order valence-electron chi connectivity index (χ4n) is 1.98. The van der Waals surface area contributed by atoms with Crippen LogP contribution in [0.2, 0.25) is 0 Å². The molecule has 0 spiro atoms. The summed E-state index contributed by atoms with van der Waals surface area (Å²) in [6.45, 7) is 2.09. The highest BCUT2D eigenvalue weighted by Crippen LogP contribution is 2.20. The van der Waals surface area contributed by atoms with Gasteiger partial charge in [-0.2, -0.15) is 5.26 Å². The molecule has 0 heterocycles. The quantitative estimate of drug-likeness (QED) is 0.738. The van der Waals surface area contributed by atoms with E-state index in [2.05, 4.69) is 13.0 Å². The maximum atomic E-state index is 11.9. The average Bonchev–Trinajstić information content (AvgIpc) is 2.47. The minimum atomic E-state index is -0.307. The van der Waals surface area contributed by atoms with Crippen LogP contribution >= 0.6 is 0 Å². The number of carbonyl (C=O) groups is 1. The van der Waals surface area contributed by atoms with E-state index in [1.165, 1.54) is 7.11 Å².